The number of piperazine rings is 1. The second kappa shape index (κ2) is 10.8. The maximum Gasteiger partial charge on any atom is 0.253 e. The Bertz CT molecular complexity index is 1170. The van der Waals surface area contributed by atoms with E-state index in [4.69, 9.17) is 9.47 Å². The number of ether oxygens (including phenoxy) is 2. The van der Waals surface area contributed by atoms with Crippen LogP contribution in [0.5, 0.6) is 11.5 Å². The molecule has 0 saturated carbocycles. The molecule has 1 amide bonds. The van der Waals surface area contributed by atoms with Gasteiger partial charge in [-0.25, -0.2) is 8.78 Å². The van der Waals surface area contributed by atoms with Crippen LogP contribution in [-0.4, -0.2) is 49.0 Å². The summed E-state index contributed by atoms with van der Waals surface area (Å²) >= 11 is 0. The number of benzene rings is 3. The zero-order chi connectivity index (χ0) is 24.9. The summed E-state index contributed by atoms with van der Waals surface area (Å²) in [5.41, 5.74) is 2.08. The van der Waals surface area contributed by atoms with Crippen LogP contribution in [0.4, 0.5) is 17.6 Å². The third-order valence-electron chi connectivity index (χ3n) is 5.86. The van der Waals surface area contributed by atoms with Gasteiger partial charge in [-0.1, -0.05) is 24.3 Å². The Morgan fingerprint density at radius 1 is 0.857 bits per heavy atom. The third kappa shape index (κ3) is 5.74. The van der Waals surface area contributed by atoms with E-state index < -0.39 is 29.0 Å². The minimum atomic E-state index is -1.60. The van der Waals surface area contributed by atoms with Gasteiger partial charge in [-0.05, 0) is 35.4 Å². The van der Waals surface area contributed by atoms with Crippen molar-refractivity contribution in [1.82, 2.24) is 9.80 Å². The maximum atomic E-state index is 13.7. The Labute approximate surface area is 200 Å². The predicted molar refractivity (Wildman–Crippen MR) is 121 cm³/mol. The van der Waals surface area contributed by atoms with Crippen molar-refractivity contribution in [2.24, 2.45) is 0 Å². The van der Waals surface area contributed by atoms with Crippen molar-refractivity contribution < 1.29 is 31.8 Å². The SMILES string of the molecule is COc1cccc(CN2CCN(C(=O)c3ccc(COc4c(F)c(F)cc(F)c4F)cc3)CC2)c1. The summed E-state index contributed by atoms with van der Waals surface area (Å²) in [7, 11) is 1.63. The number of carbonyl (C=O) groups is 1. The van der Waals surface area contributed by atoms with Crippen LogP contribution >= 0.6 is 0 Å². The molecule has 35 heavy (non-hydrogen) atoms. The summed E-state index contributed by atoms with van der Waals surface area (Å²) in [4.78, 5) is 16.9. The van der Waals surface area contributed by atoms with Crippen LogP contribution < -0.4 is 9.47 Å². The number of nitrogens with zero attached hydrogens (tertiary/aromatic N) is 2. The zero-order valence-electron chi connectivity index (χ0n) is 19.1. The molecule has 4 rings (SSSR count). The van der Waals surface area contributed by atoms with E-state index in [0.717, 1.165) is 30.9 Å². The molecule has 0 N–H and O–H groups in total. The lowest BCUT2D eigenvalue weighted by molar-refractivity contribution is 0.0628. The zero-order valence-corrected chi connectivity index (χ0v) is 19.1. The molecule has 0 radical (unpaired) electrons. The highest BCUT2D eigenvalue weighted by Crippen LogP contribution is 2.27. The van der Waals surface area contributed by atoms with Crippen molar-refractivity contribution in [1.29, 1.82) is 0 Å². The lowest BCUT2D eigenvalue weighted by atomic mass is 10.1. The Morgan fingerprint density at radius 2 is 1.51 bits per heavy atom. The minimum absolute atomic E-state index is 0.122. The molecule has 3 aromatic carbocycles. The molecule has 1 aliphatic heterocycles. The van der Waals surface area contributed by atoms with Crippen molar-refractivity contribution in [3.63, 3.8) is 0 Å². The van der Waals surface area contributed by atoms with Crippen molar-refractivity contribution in [3.8, 4) is 11.5 Å². The summed E-state index contributed by atoms with van der Waals surface area (Å²) in [6.45, 7) is 3.07. The van der Waals surface area contributed by atoms with Gasteiger partial charge in [0.15, 0.2) is 17.4 Å². The summed E-state index contributed by atoms with van der Waals surface area (Å²) in [6, 6.07) is 14.3. The first-order valence-electron chi connectivity index (χ1n) is 11.0. The Kier molecular flexibility index (Phi) is 7.55. The molecule has 3 aromatic rings. The number of hydrogen-bond donors (Lipinski definition) is 0. The van der Waals surface area contributed by atoms with Crippen molar-refractivity contribution in [3.05, 3.63) is 94.6 Å². The van der Waals surface area contributed by atoms with Crippen LogP contribution in [0.1, 0.15) is 21.5 Å². The standard InChI is InChI=1S/C26H24F4N2O3/c1-34-20-4-2-3-18(13-20)15-31-9-11-32(12-10-31)26(33)19-7-5-17(6-8-19)16-35-25-23(29)21(27)14-22(28)24(25)30/h2-8,13-14H,9-12,15-16H2,1H3. The van der Waals surface area contributed by atoms with Gasteiger partial charge in [0.05, 0.1) is 7.11 Å². The highest BCUT2D eigenvalue weighted by molar-refractivity contribution is 5.94. The van der Waals surface area contributed by atoms with E-state index in [9.17, 15) is 22.4 Å². The molecular weight excluding hydrogens is 464 g/mol. The van der Waals surface area contributed by atoms with Crippen LogP contribution in [-0.2, 0) is 13.2 Å². The Morgan fingerprint density at radius 3 is 2.14 bits per heavy atom. The summed E-state index contributed by atoms with van der Waals surface area (Å²) in [5, 5.41) is 0. The van der Waals surface area contributed by atoms with E-state index in [1.165, 1.54) is 0 Å². The fraction of sp³-hybridized carbons (Fsp3) is 0.269. The van der Waals surface area contributed by atoms with Gasteiger partial charge >= 0.3 is 0 Å². The predicted octanol–water partition coefficient (Wildman–Crippen LogP) is 4.79. The van der Waals surface area contributed by atoms with E-state index >= 15 is 0 Å². The van der Waals surface area contributed by atoms with Gasteiger partial charge in [0.1, 0.15) is 12.4 Å². The molecule has 0 bridgehead atoms. The van der Waals surface area contributed by atoms with E-state index in [2.05, 4.69) is 4.90 Å². The van der Waals surface area contributed by atoms with Crippen LogP contribution in [0.15, 0.2) is 54.6 Å². The summed E-state index contributed by atoms with van der Waals surface area (Å²) in [6.07, 6.45) is 0. The monoisotopic (exact) mass is 488 g/mol. The highest BCUT2D eigenvalue weighted by atomic mass is 19.2. The van der Waals surface area contributed by atoms with E-state index in [1.54, 1.807) is 36.3 Å². The highest BCUT2D eigenvalue weighted by Gasteiger charge is 2.23. The van der Waals surface area contributed by atoms with Crippen molar-refractivity contribution in [2.45, 2.75) is 13.2 Å². The van der Waals surface area contributed by atoms with Gasteiger partial charge in [0.25, 0.3) is 5.91 Å². The van der Waals surface area contributed by atoms with Crippen molar-refractivity contribution >= 4 is 5.91 Å². The number of amides is 1. The number of halogens is 4. The smallest absolute Gasteiger partial charge is 0.253 e. The first kappa shape index (κ1) is 24.5. The van der Waals surface area contributed by atoms with E-state index in [-0.39, 0.29) is 18.6 Å². The molecule has 0 atom stereocenters. The third-order valence-corrected chi connectivity index (χ3v) is 5.86. The van der Waals surface area contributed by atoms with Crippen LogP contribution in [0.2, 0.25) is 0 Å². The van der Waals surface area contributed by atoms with Gasteiger partial charge in [0.2, 0.25) is 11.6 Å². The molecule has 0 unspecified atom stereocenters. The fourth-order valence-electron chi connectivity index (χ4n) is 3.90. The lowest BCUT2D eigenvalue weighted by Gasteiger charge is -2.34. The van der Waals surface area contributed by atoms with Crippen LogP contribution in [0, 0.1) is 23.3 Å². The molecular formula is C26H24F4N2O3. The van der Waals surface area contributed by atoms with E-state index in [0.29, 0.717) is 24.2 Å². The molecule has 0 aliphatic carbocycles. The van der Waals surface area contributed by atoms with Crippen LogP contribution in [0.25, 0.3) is 0 Å². The Balaban J connectivity index is 1.31. The summed E-state index contributed by atoms with van der Waals surface area (Å²) < 4.78 is 64.3. The van der Waals surface area contributed by atoms with Gasteiger partial charge < -0.3 is 14.4 Å². The number of rotatable bonds is 7. The van der Waals surface area contributed by atoms with Gasteiger partial charge in [0, 0.05) is 44.4 Å². The molecule has 1 heterocycles. The average molecular weight is 488 g/mol. The molecule has 5 nitrogen and oxygen atoms in total. The number of hydrogen-bond acceptors (Lipinski definition) is 4. The number of carbonyl (C=O) groups excluding carboxylic acids is 1. The van der Waals surface area contributed by atoms with Gasteiger partial charge in [-0.15, -0.1) is 0 Å². The minimum Gasteiger partial charge on any atom is -0.497 e. The normalized spacial score (nSPS) is 14.1. The van der Waals surface area contributed by atoms with Crippen molar-refractivity contribution in [2.75, 3.05) is 33.3 Å². The topological polar surface area (TPSA) is 42.0 Å². The second-order valence-corrected chi connectivity index (χ2v) is 8.20. The largest absolute Gasteiger partial charge is 0.497 e. The molecule has 1 fully saturated rings. The Hall–Kier alpha value is -3.59. The molecule has 9 heteroatoms. The molecule has 0 spiro atoms. The second-order valence-electron chi connectivity index (χ2n) is 8.20. The van der Waals surface area contributed by atoms with Gasteiger partial charge in [-0.3, -0.25) is 9.69 Å². The first-order valence-corrected chi connectivity index (χ1v) is 11.0. The van der Waals surface area contributed by atoms with E-state index in [1.807, 2.05) is 24.3 Å². The summed E-state index contributed by atoms with van der Waals surface area (Å²) in [5.74, 6) is -6.70. The lowest BCUT2D eigenvalue weighted by Crippen LogP contribution is -2.48. The first-order chi connectivity index (χ1) is 16.9. The molecule has 184 valence electrons. The number of methoxy groups -OCH3 is 1. The molecule has 1 saturated heterocycles. The van der Waals surface area contributed by atoms with Crippen LogP contribution in [0.3, 0.4) is 0 Å². The van der Waals surface area contributed by atoms with Gasteiger partial charge in [-0.2, -0.15) is 8.78 Å². The quantitative estimate of drug-likeness (QED) is 0.354. The maximum absolute atomic E-state index is 13.7. The molecule has 0 aromatic heterocycles. The molecule has 1 aliphatic rings. The fourth-order valence-corrected chi connectivity index (χ4v) is 3.90. The average Bonchev–Trinajstić information content (AvgIpc) is 2.88.